The van der Waals surface area contributed by atoms with Crippen LogP contribution in [0.5, 0.6) is 0 Å². The van der Waals surface area contributed by atoms with Gasteiger partial charge in [-0.05, 0) is 54.8 Å². The highest BCUT2D eigenvalue weighted by atomic mass is 19.4. The van der Waals surface area contributed by atoms with Crippen molar-refractivity contribution in [2.45, 2.75) is 31.6 Å². The van der Waals surface area contributed by atoms with Crippen molar-refractivity contribution < 1.29 is 31.5 Å². The number of rotatable bonds is 8. The van der Waals surface area contributed by atoms with Crippen LogP contribution in [-0.4, -0.2) is 42.1 Å². The zero-order chi connectivity index (χ0) is 28.2. The second kappa shape index (κ2) is 11.5. The van der Waals surface area contributed by atoms with Gasteiger partial charge in [-0.3, -0.25) is 9.59 Å². The first kappa shape index (κ1) is 27.6. The topological polar surface area (TPSA) is 112 Å². The van der Waals surface area contributed by atoms with E-state index in [4.69, 9.17) is 5.73 Å². The van der Waals surface area contributed by atoms with Crippen LogP contribution in [0.4, 0.5) is 44.8 Å². The molecule has 1 fully saturated rings. The smallest absolute Gasteiger partial charge is 0.380 e. The molecule has 2 amide bonds. The number of nitrogens with one attached hydrogen (secondary N) is 3. The van der Waals surface area contributed by atoms with E-state index in [0.717, 1.165) is 11.8 Å². The number of primary amides is 1. The quantitative estimate of drug-likeness (QED) is 0.309. The summed E-state index contributed by atoms with van der Waals surface area (Å²) in [6, 6.07) is 11.4. The van der Waals surface area contributed by atoms with Gasteiger partial charge in [0, 0.05) is 55.4 Å². The lowest BCUT2D eigenvalue weighted by molar-refractivity contribution is -0.174. The molecular formula is C26H25F5N6O2. The molecule has 4 rings (SSSR count). The molecule has 5 N–H and O–H groups in total. The van der Waals surface area contributed by atoms with E-state index in [1.807, 2.05) is 22.3 Å². The number of piperidine rings is 1. The van der Waals surface area contributed by atoms with Crippen LogP contribution in [0.1, 0.15) is 28.8 Å². The zero-order valence-corrected chi connectivity index (χ0v) is 20.5. The van der Waals surface area contributed by atoms with Crippen molar-refractivity contribution >= 4 is 34.7 Å². The van der Waals surface area contributed by atoms with E-state index in [2.05, 4.69) is 15.6 Å². The number of hydrogen-bond acceptors (Lipinski definition) is 6. The van der Waals surface area contributed by atoms with Gasteiger partial charge in [0.05, 0.1) is 11.3 Å². The second-order valence-electron chi connectivity index (χ2n) is 9.02. The van der Waals surface area contributed by atoms with Gasteiger partial charge in [-0.1, -0.05) is 0 Å². The predicted octanol–water partition coefficient (Wildman–Crippen LogP) is 4.46. The highest BCUT2D eigenvalue weighted by molar-refractivity contribution is 5.98. The van der Waals surface area contributed by atoms with Crippen molar-refractivity contribution in [2.75, 3.05) is 28.6 Å². The Morgan fingerprint density at radius 2 is 1.64 bits per heavy atom. The van der Waals surface area contributed by atoms with Crippen molar-refractivity contribution in [2.24, 2.45) is 5.73 Å². The number of alkyl halides is 3. The molecule has 1 aliphatic heterocycles. The second-order valence-corrected chi connectivity index (χ2v) is 9.02. The van der Waals surface area contributed by atoms with E-state index >= 15 is 0 Å². The van der Waals surface area contributed by atoms with E-state index in [-0.39, 0.29) is 12.1 Å². The van der Waals surface area contributed by atoms with Crippen molar-refractivity contribution in [1.29, 1.82) is 0 Å². The van der Waals surface area contributed by atoms with Gasteiger partial charge >= 0.3 is 12.1 Å². The zero-order valence-electron chi connectivity index (χ0n) is 20.5. The fourth-order valence-corrected chi connectivity index (χ4v) is 4.23. The third kappa shape index (κ3) is 7.33. The van der Waals surface area contributed by atoms with Gasteiger partial charge in [0.1, 0.15) is 17.5 Å². The number of carbonyl (C=O) groups is 2. The minimum atomic E-state index is -4.90. The van der Waals surface area contributed by atoms with Gasteiger partial charge in [0.25, 0.3) is 5.91 Å². The van der Waals surface area contributed by atoms with E-state index in [0.29, 0.717) is 48.7 Å². The number of nitrogens with two attached hydrogens (primary N) is 1. The van der Waals surface area contributed by atoms with E-state index < -0.39 is 35.7 Å². The number of halogens is 5. The molecule has 2 heterocycles. The normalized spacial score (nSPS) is 14.1. The number of benzene rings is 2. The molecule has 39 heavy (non-hydrogen) atoms. The molecule has 1 aromatic heterocycles. The van der Waals surface area contributed by atoms with Crippen LogP contribution in [0.15, 0.2) is 54.7 Å². The molecule has 1 saturated heterocycles. The van der Waals surface area contributed by atoms with Crippen LogP contribution < -0.4 is 26.6 Å². The summed E-state index contributed by atoms with van der Waals surface area (Å²) in [6.07, 6.45) is -2.84. The first-order valence-corrected chi connectivity index (χ1v) is 12.0. The van der Waals surface area contributed by atoms with Gasteiger partial charge in [-0.25, -0.2) is 13.8 Å². The maximum Gasteiger partial charge on any atom is 0.471 e. The molecular weight excluding hydrogens is 523 g/mol. The number of nitrogens with zero attached hydrogens (tertiary/aromatic N) is 2. The lowest BCUT2D eigenvalue weighted by Crippen LogP contribution is -2.48. The molecule has 0 atom stereocenters. The number of pyridine rings is 1. The maximum absolute atomic E-state index is 13.5. The van der Waals surface area contributed by atoms with Gasteiger partial charge in [-0.15, -0.1) is 0 Å². The molecule has 0 spiro atoms. The average Bonchev–Trinajstić information content (AvgIpc) is 2.87. The number of amides is 2. The first-order chi connectivity index (χ1) is 18.5. The molecule has 1 aliphatic rings. The molecule has 2 aromatic carbocycles. The lowest BCUT2D eigenvalue weighted by atomic mass is 10.0. The highest BCUT2D eigenvalue weighted by Crippen LogP contribution is 2.26. The van der Waals surface area contributed by atoms with Gasteiger partial charge in [0.2, 0.25) is 0 Å². The Bertz CT molecular complexity index is 1320. The van der Waals surface area contributed by atoms with E-state index in [1.54, 1.807) is 18.2 Å². The largest absolute Gasteiger partial charge is 0.471 e. The molecule has 0 unspecified atom stereocenters. The van der Waals surface area contributed by atoms with Crippen molar-refractivity contribution in [3.05, 3.63) is 77.5 Å². The Balaban J connectivity index is 1.38. The van der Waals surface area contributed by atoms with Crippen LogP contribution in [0.2, 0.25) is 0 Å². The molecule has 0 bridgehead atoms. The van der Waals surface area contributed by atoms with E-state index in [1.165, 1.54) is 18.3 Å². The molecule has 0 saturated carbocycles. The standard InChI is InChI=1S/C26H25F5N6O2/c27-16-9-15(10-17(28)11-16)13-33-22-12-23(34-14-21(22)24(32)38)35-18-1-3-20(4-2-18)37-7-5-19(6-8-37)36-25(39)26(29,30)31/h1-4,9-12,14,19H,5-8,13H2,(H2,32,38)(H,36,39)(H2,33,34,35). The average molecular weight is 549 g/mol. The summed E-state index contributed by atoms with van der Waals surface area (Å²) in [5.41, 5.74) is 7.72. The van der Waals surface area contributed by atoms with Gasteiger partial charge in [0.15, 0.2) is 0 Å². The number of aromatic nitrogens is 1. The Morgan fingerprint density at radius 3 is 2.23 bits per heavy atom. The number of hydrogen-bond donors (Lipinski definition) is 4. The van der Waals surface area contributed by atoms with Crippen molar-refractivity contribution in [3.8, 4) is 0 Å². The summed E-state index contributed by atoms with van der Waals surface area (Å²) < 4.78 is 64.4. The summed E-state index contributed by atoms with van der Waals surface area (Å²) in [5, 5.41) is 8.09. The van der Waals surface area contributed by atoms with Crippen LogP contribution >= 0.6 is 0 Å². The monoisotopic (exact) mass is 548 g/mol. The molecule has 206 valence electrons. The fourth-order valence-electron chi connectivity index (χ4n) is 4.23. The first-order valence-electron chi connectivity index (χ1n) is 12.0. The molecule has 3 aromatic rings. The Morgan fingerprint density at radius 1 is 1.00 bits per heavy atom. The fraction of sp³-hybridized carbons (Fsp3) is 0.269. The minimum Gasteiger partial charge on any atom is -0.380 e. The number of anilines is 4. The third-order valence-corrected chi connectivity index (χ3v) is 6.17. The SMILES string of the molecule is NC(=O)c1cnc(Nc2ccc(N3CCC(NC(=O)C(F)(F)F)CC3)cc2)cc1NCc1cc(F)cc(F)c1. The summed E-state index contributed by atoms with van der Waals surface area (Å²) in [5.74, 6) is -3.72. The van der Waals surface area contributed by atoms with Crippen molar-refractivity contribution in [1.82, 2.24) is 10.3 Å². The highest BCUT2D eigenvalue weighted by Gasteiger charge is 2.40. The van der Waals surface area contributed by atoms with Gasteiger partial charge in [-0.2, -0.15) is 13.2 Å². The Kier molecular flexibility index (Phi) is 8.17. The van der Waals surface area contributed by atoms with Crippen molar-refractivity contribution in [3.63, 3.8) is 0 Å². The van der Waals surface area contributed by atoms with E-state index in [9.17, 15) is 31.5 Å². The maximum atomic E-state index is 13.5. The predicted molar refractivity (Wildman–Crippen MR) is 136 cm³/mol. The lowest BCUT2D eigenvalue weighted by Gasteiger charge is -2.34. The summed E-state index contributed by atoms with van der Waals surface area (Å²) in [4.78, 5) is 29.2. The molecule has 0 radical (unpaired) electrons. The molecule has 8 nitrogen and oxygen atoms in total. The van der Waals surface area contributed by atoms with Crippen LogP contribution in [0, 0.1) is 11.6 Å². The summed E-state index contributed by atoms with van der Waals surface area (Å²) >= 11 is 0. The van der Waals surface area contributed by atoms with Gasteiger partial charge < -0.3 is 26.6 Å². The Hall–Kier alpha value is -4.42. The Labute approximate surface area is 220 Å². The van der Waals surface area contributed by atoms with Crippen LogP contribution in [0.3, 0.4) is 0 Å². The molecule has 0 aliphatic carbocycles. The van der Waals surface area contributed by atoms with Crippen LogP contribution in [0.25, 0.3) is 0 Å². The van der Waals surface area contributed by atoms with Crippen LogP contribution in [-0.2, 0) is 11.3 Å². The third-order valence-electron chi connectivity index (χ3n) is 6.17. The summed E-state index contributed by atoms with van der Waals surface area (Å²) in [6.45, 7) is 0.996. The summed E-state index contributed by atoms with van der Waals surface area (Å²) in [7, 11) is 0. The number of carbonyl (C=O) groups excluding carboxylic acids is 2. The minimum absolute atomic E-state index is 0.0314. The molecule has 13 heteroatoms.